The van der Waals surface area contributed by atoms with Crippen molar-refractivity contribution in [2.45, 2.75) is 13.0 Å². The van der Waals surface area contributed by atoms with E-state index in [0.717, 1.165) is 0 Å². The van der Waals surface area contributed by atoms with Crippen molar-refractivity contribution in [2.24, 2.45) is 0 Å². The Bertz CT molecular complexity index is 123. The Labute approximate surface area is 165 Å². The molecule has 13 heavy (non-hydrogen) atoms. The van der Waals surface area contributed by atoms with Crippen LogP contribution >= 0.6 is 0 Å². The van der Waals surface area contributed by atoms with Crippen LogP contribution in [-0.4, -0.2) is 152 Å². The third-order valence-corrected chi connectivity index (χ3v) is 0.357. The number of aliphatic hydroxyl groups excluding tert-OH is 1. The number of hydrogen-bond acceptors (Lipinski definition) is 3. The second-order valence-corrected chi connectivity index (χ2v) is 1.30. The van der Waals surface area contributed by atoms with Gasteiger partial charge < -0.3 is 20.4 Å². The van der Waals surface area contributed by atoms with Crippen molar-refractivity contribution in [1.82, 2.24) is 0 Å². The van der Waals surface area contributed by atoms with Crippen LogP contribution in [0.1, 0.15) is 6.92 Å². The molecule has 0 aromatic heterocycles. The molecule has 0 rings (SSSR count). The van der Waals surface area contributed by atoms with Gasteiger partial charge in [0, 0.05) is 0 Å². The van der Waals surface area contributed by atoms with E-state index < -0.39 is 18.2 Å². The first-order chi connectivity index (χ1) is 4.37. The summed E-state index contributed by atoms with van der Waals surface area (Å²) in [5.41, 5.74) is 0. The molecule has 6 nitrogen and oxygen atoms in total. The van der Waals surface area contributed by atoms with Gasteiger partial charge in [0.2, 0.25) is 0 Å². The minimum atomic E-state index is -1.83. The van der Waals surface area contributed by atoms with Gasteiger partial charge in [-0.25, -0.2) is 9.59 Å². The normalized spacial score (nSPS) is 8.15. The van der Waals surface area contributed by atoms with Crippen molar-refractivity contribution in [1.29, 1.82) is 0 Å². The molecule has 0 fully saturated rings. The number of aliphatic hydroxyl groups is 1. The molecule has 0 bridgehead atoms. The van der Waals surface area contributed by atoms with Crippen LogP contribution in [0.15, 0.2) is 0 Å². The Balaban J connectivity index is -0.0000000279. The average molecular weight is 278 g/mol. The zero-order chi connectivity index (χ0) is 8.73. The second kappa shape index (κ2) is 20.0. The first-order valence-corrected chi connectivity index (χ1v) is 2.20. The van der Waals surface area contributed by atoms with Crippen LogP contribution in [0.25, 0.3) is 0 Å². The van der Waals surface area contributed by atoms with Gasteiger partial charge in [-0.15, -0.1) is 0 Å². The van der Waals surface area contributed by atoms with E-state index in [9.17, 15) is 4.79 Å². The summed E-state index contributed by atoms with van der Waals surface area (Å²) >= 11 is 0. The third-order valence-electron chi connectivity index (χ3n) is 0.357. The van der Waals surface area contributed by atoms with Crippen molar-refractivity contribution < 1.29 is 30.0 Å². The van der Waals surface area contributed by atoms with Gasteiger partial charge in [0.05, 0.1) is 0 Å². The van der Waals surface area contributed by atoms with Gasteiger partial charge in [-0.3, -0.25) is 0 Å². The van der Waals surface area contributed by atoms with Crippen LogP contribution in [0.5, 0.6) is 0 Å². The average Bonchev–Trinajstić information content (AvgIpc) is 1.63. The summed E-state index contributed by atoms with van der Waals surface area (Å²) in [6.07, 6.45) is -3.06. The first-order valence-electron chi connectivity index (χ1n) is 2.20. The van der Waals surface area contributed by atoms with Gasteiger partial charge in [0.25, 0.3) is 0 Å². The molecule has 1 unspecified atom stereocenters. The summed E-state index contributed by atoms with van der Waals surface area (Å²) in [5, 5.41) is 29.7. The van der Waals surface area contributed by atoms with Crippen molar-refractivity contribution in [3.05, 3.63) is 0 Å². The number of carboxylic acids is 1. The molecule has 72 valence electrons. The van der Waals surface area contributed by atoms with Crippen LogP contribution in [0.3, 0.4) is 0 Å². The third kappa shape index (κ3) is 53.7. The number of carboxylic acid groups (broad SMARTS) is 3. The van der Waals surface area contributed by atoms with Gasteiger partial charge in [-0.05, 0) is 6.92 Å². The summed E-state index contributed by atoms with van der Waals surface area (Å²) < 4.78 is 0. The van der Waals surface area contributed by atoms with Gasteiger partial charge in [0.1, 0.15) is 6.10 Å². The molecule has 0 saturated heterocycles. The molecule has 0 aromatic rings. The zero-order valence-electron chi connectivity index (χ0n) is 5.18. The molecular weight excluding hydrogens is 264 g/mol. The number of hydrogen-bond donors (Lipinski definition) is 4. The minimum absolute atomic E-state index is 0. The molecule has 4 N–H and O–H groups in total. The van der Waals surface area contributed by atoms with Crippen LogP contribution in [0, 0.1) is 0 Å². The molecule has 0 heterocycles. The maximum absolute atomic E-state index is 9.45. The van der Waals surface area contributed by atoms with E-state index >= 15 is 0 Å². The van der Waals surface area contributed by atoms with E-state index in [1.165, 1.54) is 6.92 Å². The summed E-state index contributed by atoms with van der Waals surface area (Å²) in [6.45, 7) is 1.20. The van der Waals surface area contributed by atoms with Crippen LogP contribution in [0.2, 0.25) is 0 Å². The SMILES string of the molecule is CC(O)C(=O)O.O=C(O)O.[CaH2].[CaH2].[CaH2]. The molecule has 0 aliphatic heterocycles. The molecule has 0 spiro atoms. The molecule has 0 aliphatic rings. The maximum atomic E-state index is 9.45. The molecule has 0 amide bonds. The molecular formula is C4H14Ca3O6. The Morgan fingerprint density at radius 3 is 1.08 bits per heavy atom. The van der Waals surface area contributed by atoms with Crippen LogP contribution < -0.4 is 0 Å². The fourth-order valence-electron chi connectivity index (χ4n) is 0. The van der Waals surface area contributed by atoms with E-state index in [0.29, 0.717) is 0 Å². The Morgan fingerprint density at radius 2 is 1.08 bits per heavy atom. The molecule has 0 aliphatic carbocycles. The van der Waals surface area contributed by atoms with E-state index in [-0.39, 0.29) is 113 Å². The second-order valence-electron chi connectivity index (χ2n) is 1.30. The molecule has 0 saturated carbocycles. The van der Waals surface area contributed by atoms with E-state index in [2.05, 4.69) is 0 Å². The number of rotatable bonds is 1. The summed E-state index contributed by atoms with van der Waals surface area (Å²) in [4.78, 5) is 18.0. The van der Waals surface area contributed by atoms with Gasteiger partial charge >= 0.3 is 125 Å². The Kier molecular flexibility index (Phi) is 45.4. The monoisotopic (exact) mass is 278 g/mol. The molecule has 0 aromatic carbocycles. The van der Waals surface area contributed by atoms with Gasteiger partial charge in [-0.1, -0.05) is 0 Å². The predicted molar refractivity (Wildman–Crippen MR) is 55.6 cm³/mol. The van der Waals surface area contributed by atoms with Gasteiger partial charge in [-0.2, -0.15) is 0 Å². The number of aliphatic carboxylic acids is 1. The zero-order valence-corrected chi connectivity index (χ0v) is 5.18. The topological polar surface area (TPSA) is 115 Å². The predicted octanol–water partition coefficient (Wildman–Crippen LogP) is -3.07. The van der Waals surface area contributed by atoms with Crippen molar-refractivity contribution >= 4 is 125 Å². The molecule has 9 heteroatoms. The standard InChI is InChI=1S/C3H6O3.CH2O3.3Ca.6H/c1-2(4)3(5)6;2-1(3)4;;;;;;;;;/h2,4H,1H3,(H,5,6);(H2,2,3,4);;;;;;;;;. The molecule has 1 atom stereocenters. The Morgan fingerprint density at radius 1 is 1.00 bits per heavy atom. The van der Waals surface area contributed by atoms with Crippen molar-refractivity contribution in [3.8, 4) is 0 Å². The van der Waals surface area contributed by atoms with Crippen LogP contribution in [0.4, 0.5) is 4.79 Å². The van der Waals surface area contributed by atoms with E-state index in [1.807, 2.05) is 0 Å². The fraction of sp³-hybridized carbons (Fsp3) is 0.500. The first kappa shape index (κ1) is 29.6. The van der Waals surface area contributed by atoms with Gasteiger partial charge in [0.15, 0.2) is 0 Å². The van der Waals surface area contributed by atoms with Crippen molar-refractivity contribution in [2.75, 3.05) is 0 Å². The number of carbonyl (C=O) groups is 2. The quantitative estimate of drug-likeness (QED) is 0.378. The summed E-state index contributed by atoms with van der Waals surface area (Å²) in [6, 6.07) is 0. The summed E-state index contributed by atoms with van der Waals surface area (Å²) in [7, 11) is 0. The fourth-order valence-corrected chi connectivity index (χ4v) is 0. The summed E-state index contributed by atoms with van der Waals surface area (Å²) in [5.74, 6) is -1.19. The van der Waals surface area contributed by atoms with Crippen molar-refractivity contribution in [3.63, 3.8) is 0 Å². The van der Waals surface area contributed by atoms with E-state index in [1.54, 1.807) is 0 Å². The molecule has 0 radical (unpaired) electrons. The van der Waals surface area contributed by atoms with E-state index in [4.69, 9.17) is 25.2 Å². The van der Waals surface area contributed by atoms with Crippen LogP contribution in [-0.2, 0) is 4.79 Å². The Hall–Kier alpha value is 2.48.